The van der Waals surface area contributed by atoms with E-state index in [9.17, 15) is 31.6 Å². The molecule has 13 nitrogen and oxygen atoms in total. The summed E-state index contributed by atoms with van der Waals surface area (Å²) in [5, 5.41) is 0. The molecule has 0 spiro atoms. The Labute approximate surface area is 350 Å². The highest BCUT2D eigenvalue weighted by molar-refractivity contribution is 7.91. The predicted molar refractivity (Wildman–Crippen MR) is 215 cm³/mol. The number of hydrogen-bond acceptors (Lipinski definition) is 11. The van der Waals surface area contributed by atoms with Gasteiger partial charge in [-0.25, -0.2) is 27.2 Å². The summed E-state index contributed by atoms with van der Waals surface area (Å²) in [7, 11) is -2.64. The Hall–Kier alpha value is -3.95. The van der Waals surface area contributed by atoms with Gasteiger partial charge in [0.2, 0.25) is 34.1 Å². The highest BCUT2D eigenvalue weighted by atomic mass is 32.2. The van der Waals surface area contributed by atoms with Crippen molar-refractivity contribution in [3.8, 4) is 11.6 Å². The van der Waals surface area contributed by atoms with Gasteiger partial charge in [-0.3, -0.25) is 23.9 Å². The number of halogens is 2. The van der Waals surface area contributed by atoms with E-state index in [0.717, 1.165) is 38.5 Å². The maximum atomic E-state index is 15.0. The molecule has 4 saturated carbocycles. The fourth-order valence-electron chi connectivity index (χ4n) is 10.3. The number of aryl methyl sites for hydroxylation is 1. The van der Waals surface area contributed by atoms with Gasteiger partial charge in [-0.1, -0.05) is 40.5 Å². The van der Waals surface area contributed by atoms with Crippen molar-refractivity contribution in [3.05, 3.63) is 23.9 Å². The van der Waals surface area contributed by atoms with Crippen molar-refractivity contribution in [3.63, 3.8) is 0 Å². The van der Waals surface area contributed by atoms with Gasteiger partial charge in [-0.05, 0) is 93.6 Å². The first-order valence-corrected chi connectivity index (χ1v) is 23.1. The minimum absolute atomic E-state index is 0.104. The number of alkyl halides is 2. The third kappa shape index (κ3) is 7.98. The molecule has 328 valence electrons. The summed E-state index contributed by atoms with van der Waals surface area (Å²) in [5.41, 5.74) is -0.965. The van der Waals surface area contributed by atoms with E-state index in [2.05, 4.69) is 0 Å². The Morgan fingerprint density at radius 1 is 1.03 bits per heavy atom. The molecular weight excluding hydrogens is 799 g/mol. The van der Waals surface area contributed by atoms with Crippen LogP contribution in [-0.2, 0) is 40.4 Å². The predicted octanol–water partition coefficient (Wildman–Crippen LogP) is 6.20. The third-order valence-corrected chi connectivity index (χ3v) is 16.9. The molecule has 2 aliphatic heterocycles. The Balaban J connectivity index is 1.15. The number of carbonyl (C=O) groups is 4. The topological polar surface area (TPSA) is 171 Å². The molecule has 1 N–H and O–H groups in total. The van der Waals surface area contributed by atoms with Gasteiger partial charge in [0, 0.05) is 24.3 Å². The van der Waals surface area contributed by atoms with Crippen molar-refractivity contribution in [2.75, 3.05) is 13.7 Å². The molecule has 16 heteroatoms. The summed E-state index contributed by atoms with van der Waals surface area (Å²) in [5.74, 6) is -3.85. The zero-order valence-corrected chi connectivity index (χ0v) is 36.2. The number of fused-ring (bicyclic) bond motifs is 7. The van der Waals surface area contributed by atoms with Crippen LogP contribution in [0.25, 0.3) is 11.0 Å². The second kappa shape index (κ2) is 15.4. The van der Waals surface area contributed by atoms with Crippen LogP contribution in [0.5, 0.6) is 11.6 Å². The molecule has 0 radical (unpaired) electrons. The van der Waals surface area contributed by atoms with Crippen LogP contribution in [0.2, 0.25) is 0 Å². The number of hydrogen-bond donors (Lipinski definition) is 1. The summed E-state index contributed by atoms with van der Waals surface area (Å²) in [6.45, 7) is 8.63. The number of ether oxygens (including phenoxy) is 3. The van der Waals surface area contributed by atoms with Crippen molar-refractivity contribution in [1.82, 2.24) is 19.6 Å². The van der Waals surface area contributed by atoms with E-state index < -0.39 is 91.9 Å². The molecule has 4 aliphatic carbocycles. The average molecular weight is 857 g/mol. The first-order valence-electron chi connectivity index (χ1n) is 21.6. The van der Waals surface area contributed by atoms with E-state index in [-0.39, 0.29) is 37.3 Å². The Morgan fingerprint density at radius 2 is 1.78 bits per heavy atom. The summed E-state index contributed by atoms with van der Waals surface area (Å²) in [6, 6.07) is 4.12. The molecule has 1 aromatic carbocycles. The number of methoxy groups -OCH3 is 1. The highest BCUT2D eigenvalue weighted by Gasteiger charge is 2.67. The second-order valence-corrected chi connectivity index (χ2v) is 22.1. The van der Waals surface area contributed by atoms with Crippen molar-refractivity contribution >= 4 is 44.6 Å². The van der Waals surface area contributed by atoms with Gasteiger partial charge in [-0.15, -0.1) is 0 Å². The Bertz CT molecular complexity index is 2180. The van der Waals surface area contributed by atoms with Crippen LogP contribution < -0.4 is 14.2 Å². The minimum atomic E-state index is -4.20. The molecule has 1 aromatic heterocycles. The molecule has 5 fully saturated rings. The van der Waals surface area contributed by atoms with Gasteiger partial charge < -0.3 is 19.1 Å². The number of nitrogens with zero attached hydrogens (tertiary/aromatic N) is 3. The molecule has 3 heterocycles. The first kappa shape index (κ1) is 42.7. The van der Waals surface area contributed by atoms with E-state index >= 15 is 4.79 Å². The molecule has 10 atom stereocenters. The highest BCUT2D eigenvalue weighted by Crippen LogP contribution is 2.60. The Morgan fingerprint density at radius 3 is 2.45 bits per heavy atom. The monoisotopic (exact) mass is 856 g/mol. The van der Waals surface area contributed by atoms with Crippen molar-refractivity contribution in [2.24, 2.45) is 46.3 Å². The van der Waals surface area contributed by atoms with Crippen molar-refractivity contribution < 1.29 is 50.6 Å². The van der Waals surface area contributed by atoms with Gasteiger partial charge in [0.1, 0.15) is 23.7 Å². The van der Waals surface area contributed by atoms with E-state index in [4.69, 9.17) is 24.2 Å². The molecule has 2 amide bonds. The minimum Gasteiger partial charge on any atom is -0.497 e. The average Bonchev–Trinajstić information content (AvgIpc) is 4.13. The summed E-state index contributed by atoms with van der Waals surface area (Å²) in [4.78, 5) is 68.6. The standard InChI is InChI=1S/C44H58F2N4O9S/c1-23-35-22-50(37(23)33(51)21-44(20-29(44)38(45)46)41(54)49-60(55,56)43(5)14-15-43)40(53)28(42(2,3)4)19-36(52)58-34-17-24-16-27(24)26(34)10-8-7-9-11-31-39(59-35)48-32-18-25(57-6)12-13-30(32)47-31/h12-13,18,23-24,26-29,34-35,37-38H,7-11,14-17,19-22H2,1-6H3,(H,49,54)/t23-,24+,26-,27+,28-,29+,34-,35+,37+,44-/m1/s1. The van der Waals surface area contributed by atoms with Gasteiger partial charge in [0.15, 0.2) is 5.78 Å². The maximum Gasteiger partial charge on any atom is 0.306 e. The zero-order chi connectivity index (χ0) is 43.1. The second-order valence-electron chi connectivity index (χ2n) is 19.9. The smallest absolute Gasteiger partial charge is 0.306 e. The molecule has 2 aromatic rings. The SMILES string of the molecule is COc1ccc2nc3c(nc2c1)O[C@H]1CN(C(=O)[C@H](C(C)(C)C)CC(=O)O[C@@H]2C[C@@H]4C[C@@H]4[C@H]2CCCCC3)[C@H](C(=O)C[C@]2(C(=O)NS(=O)(=O)C3(C)CC3)C[C@H]2C(F)F)[C@@H]1C. The van der Waals surface area contributed by atoms with E-state index in [1.165, 1.54) is 11.8 Å². The van der Waals surface area contributed by atoms with E-state index in [1.807, 2.05) is 31.6 Å². The lowest BCUT2D eigenvalue weighted by molar-refractivity contribution is -0.158. The van der Waals surface area contributed by atoms with Crippen LogP contribution in [0.15, 0.2) is 18.2 Å². The maximum absolute atomic E-state index is 15.0. The molecular formula is C44H58F2N4O9S. The van der Waals surface area contributed by atoms with E-state index in [1.54, 1.807) is 26.2 Å². The number of rotatable bonds is 8. The molecule has 8 rings (SSSR count). The number of nitrogens with one attached hydrogen (secondary N) is 1. The summed E-state index contributed by atoms with van der Waals surface area (Å²) < 4.78 is 74.3. The van der Waals surface area contributed by atoms with Crippen LogP contribution in [0.1, 0.15) is 111 Å². The lowest BCUT2D eigenvalue weighted by Gasteiger charge is -2.35. The number of aromatic nitrogens is 2. The Kier molecular flexibility index (Phi) is 11.0. The third-order valence-electron chi connectivity index (χ3n) is 14.8. The van der Waals surface area contributed by atoms with Gasteiger partial charge in [-0.2, -0.15) is 0 Å². The van der Waals surface area contributed by atoms with Crippen LogP contribution in [0.4, 0.5) is 8.78 Å². The van der Waals surface area contributed by atoms with Crippen LogP contribution in [0.3, 0.4) is 0 Å². The summed E-state index contributed by atoms with van der Waals surface area (Å²) >= 11 is 0. The number of sulfonamides is 1. The molecule has 60 heavy (non-hydrogen) atoms. The number of ketones is 1. The largest absolute Gasteiger partial charge is 0.497 e. The normalized spacial score (nSPS) is 34.0. The van der Waals surface area contributed by atoms with Crippen LogP contribution in [0, 0.1) is 46.3 Å². The van der Waals surface area contributed by atoms with Gasteiger partial charge in [0.05, 0.1) is 53.2 Å². The number of benzene rings is 1. The first-order chi connectivity index (χ1) is 28.2. The zero-order valence-electron chi connectivity index (χ0n) is 35.4. The van der Waals surface area contributed by atoms with E-state index in [0.29, 0.717) is 53.6 Å². The summed E-state index contributed by atoms with van der Waals surface area (Å²) in [6.07, 6.45) is 1.37. The lowest BCUT2D eigenvalue weighted by Crippen LogP contribution is -2.50. The molecule has 6 aliphatic rings. The molecule has 1 saturated heterocycles. The fourth-order valence-corrected chi connectivity index (χ4v) is 11.7. The van der Waals surface area contributed by atoms with Gasteiger partial charge in [0.25, 0.3) is 0 Å². The van der Waals surface area contributed by atoms with Crippen molar-refractivity contribution in [2.45, 2.75) is 141 Å². The quantitative estimate of drug-likeness (QED) is 0.300. The number of esters is 1. The molecule has 0 unspecified atom stereocenters. The van der Waals surface area contributed by atoms with Crippen LogP contribution >= 0.6 is 0 Å². The number of carbonyl (C=O) groups excluding carboxylic acids is 4. The van der Waals surface area contributed by atoms with Crippen molar-refractivity contribution in [1.29, 1.82) is 0 Å². The van der Waals surface area contributed by atoms with Crippen LogP contribution in [-0.4, -0.2) is 89.9 Å². The molecule has 2 bridgehead atoms. The number of amides is 2. The fraction of sp³-hybridized carbons (Fsp3) is 0.727. The number of Topliss-reactive ketones (excluding diaryl/α,β-unsaturated/α-hetero) is 1. The van der Waals surface area contributed by atoms with Gasteiger partial charge >= 0.3 is 5.97 Å². The lowest BCUT2D eigenvalue weighted by atomic mass is 9.77.